The highest BCUT2D eigenvalue weighted by Gasteiger charge is 2.30. The van der Waals surface area contributed by atoms with Crippen LogP contribution in [0.25, 0.3) is 0 Å². The predicted molar refractivity (Wildman–Crippen MR) is 137 cm³/mol. The molecule has 2 saturated heterocycles. The van der Waals surface area contributed by atoms with Gasteiger partial charge in [-0.25, -0.2) is 4.98 Å². The Bertz CT molecular complexity index is 1200. The normalized spacial score (nSPS) is 18.9. The maximum atomic E-state index is 12.8. The molecular weight excluding hydrogens is 495 g/mol. The Balaban J connectivity index is 1.06. The van der Waals surface area contributed by atoms with Gasteiger partial charge in [0.05, 0.1) is 11.8 Å². The standard InChI is InChI=1S/C28H30F3N5O2/c29-28(30,31)21-1-3-23(4-2-21)36-15-10-24(11-16-36)38-25-5-6-26(33-17-25)27(37)34-22-9-14-35(19-22)18-20-7-12-32-13-8-20/h1-8,12-13,17,22,24H,9-11,14-16,18-19H2,(H,34,37). The van der Waals surface area contributed by atoms with Gasteiger partial charge in [-0.3, -0.25) is 14.7 Å². The van der Waals surface area contributed by atoms with Crippen molar-refractivity contribution >= 4 is 11.6 Å². The van der Waals surface area contributed by atoms with Gasteiger partial charge in [0, 0.05) is 69.7 Å². The van der Waals surface area contributed by atoms with E-state index in [1.807, 2.05) is 12.1 Å². The highest BCUT2D eigenvalue weighted by molar-refractivity contribution is 5.92. The van der Waals surface area contributed by atoms with Crippen LogP contribution in [0.15, 0.2) is 67.1 Å². The fourth-order valence-corrected chi connectivity index (χ4v) is 4.97. The molecule has 0 aliphatic carbocycles. The molecule has 2 aliphatic heterocycles. The van der Waals surface area contributed by atoms with Crippen molar-refractivity contribution in [2.24, 2.45) is 0 Å². The van der Waals surface area contributed by atoms with Gasteiger partial charge in [0.15, 0.2) is 0 Å². The summed E-state index contributed by atoms with van der Waals surface area (Å²) in [5.41, 5.74) is 1.68. The molecule has 0 radical (unpaired) electrons. The van der Waals surface area contributed by atoms with Gasteiger partial charge in [-0.05, 0) is 60.5 Å². The van der Waals surface area contributed by atoms with Crippen LogP contribution in [0.3, 0.4) is 0 Å². The summed E-state index contributed by atoms with van der Waals surface area (Å²) in [6, 6.07) is 12.8. The van der Waals surface area contributed by atoms with E-state index in [9.17, 15) is 18.0 Å². The molecule has 3 aromatic rings. The van der Waals surface area contributed by atoms with Crippen LogP contribution in [0.1, 0.15) is 40.9 Å². The van der Waals surface area contributed by atoms with E-state index in [1.165, 1.54) is 17.7 Å². The van der Waals surface area contributed by atoms with Crippen LogP contribution in [0.5, 0.6) is 5.75 Å². The number of carbonyl (C=O) groups is 1. The number of carbonyl (C=O) groups excluding carboxylic acids is 1. The average molecular weight is 526 g/mol. The lowest BCUT2D eigenvalue weighted by Gasteiger charge is -2.33. The number of halogens is 3. The number of pyridine rings is 2. The minimum atomic E-state index is -4.33. The number of alkyl halides is 3. The number of hydrogen-bond acceptors (Lipinski definition) is 6. The topological polar surface area (TPSA) is 70.6 Å². The maximum absolute atomic E-state index is 12.8. The van der Waals surface area contributed by atoms with Crippen molar-refractivity contribution in [3.63, 3.8) is 0 Å². The second kappa shape index (κ2) is 11.4. The SMILES string of the molecule is O=C(NC1CCN(Cc2ccncc2)C1)c1ccc(OC2CCN(c3ccc(C(F)(F)F)cc3)CC2)cn1. The largest absolute Gasteiger partial charge is 0.489 e. The third-order valence-electron chi connectivity index (χ3n) is 7.04. The lowest BCUT2D eigenvalue weighted by atomic mass is 10.1. The Morgan fingerprint density at radius 1 is 0.974 bits per heavy atom. The second-order valence-electron chi connectivity index (χ2n) is 9.78. The fraction of sp³-hybridized carbons (Fsp3) is 0.393. The summed E-state index contributed by atoms with van der Waals surface area (Å²) < 4.78 is 44.5. The quantitative estimate of drug-likeness (QED) is 0.488. The summed E-state index contributed by atoms with van der Waals surface area (Å²) in [5, 5.41) is 3.08. The van der Waals surface area contributed by atoms with Crippen molar-refractivity contribution in [3.8, 4) is 5.75 Å². The number of rotatable bonds is 7. The number of piperidine rings is 1. The number of likely N-dealkylation sites (tertiary alicyclic amines) is 1. The van der Waals surface area contributed by atoms with Crippen molar-refractivity contribution in [2.75, 3.05) is 31.1 Å². The van der Waals surface area contributed by atoms with Crippen molar-refractivity contribution in [1.82, 2.24) is 20.2 Å². The van der Waals surface area contributed by atoms with Gasteiger partial charge >= 0.3 is 6.18 Å². The van der Waals surface area contributed by atoms with E-state index in [1.54, 1.807) is 30.7 Å². The maximum Gasteiger partial charge on any atom is 0.416 e. The summed E-state index contributed by atoms with van der Waals surface area (Å²) in [6.07, 6.45) is 3.16. The number of hydrogen-bond donors (Lipinski definition) is 1. The van der Waals surface area contributed by atoms with E-state index in [0.717, 1.165) is 56.7 Å². The van der Waals surface area contributed by atoms with Crippen molar-refractivity contribution in [1.29, 1.82) is 0 Å². The summed E-state index contributed by atoms with van der Waals surface area (Å²) in [4.78, 5) is 25.4. The average Bonchev–Trinajstić information content (AvgIpc) is 3.36. The molecule has 2 fully saturated rings. The fourth-order valence-electron chi connectivity index (χ4n) is 4.97. The van der Waals surface area contributed by atoms with E-state index in [4.69, 9.17) is 4.74 Å². The number of benzene rings is 1. The molecule has 0 spiro atoms. The van der Waals surface area contributed by atoms with Gasteiger partial charge in [-0.15, -0.1) is 0 Å². The van der Waals surface area contributed by atoms with E-state index < -0.39 is 11.7 Å². The van der Waals surface area contributed by atoms with Gasteiger partial charge in [0.25, 0.3) is 5.91 Å². The van der Waals surface area contributed by atoms with Gasteiger partial charge in [0.2, 0.25) is 0 Å². The van der Waals surface area contributed by atoms with Crippen molar-refractivity contribution < 1.29 is 22.7 Å². The molecule has 1 N–H and O–H groups in total. The first-order chi connectivity index (χ1) is 18.3. The summed E-state index contributed by atoms with van der Waals surface area (Å²) >= 11 is 0. The number of anilines is 1. The smallest absolute Gasteiger partial charge is 0.416 e. The first-order valence-corrected chi connectivity index (χ1v) is 12.8. The Morgan fingerprint density at radius 3 is 2.37 bits per heavy atom. The number of nitrogens with zero attached hydrogens (tertiary/aromatic N) is 4. The Morgan fingerprint density at radius 2 is 1.71 bits per heavy atom. The molecule has 7 nitrogen and oxygen atoms in total. The van der Waals surface area contributed by atoms with Crippen LogP contribution >= 0.6 is 0 Å². The molecule has 4 heterocycles. The minimum absolute atomic E-state index is 0.0213. The molecule has 38 heavy (non-hydrogen) atoms. The van der Waals surface area contributed by atoms with Gasteiger partial charge in [0.1, 0.15) is 17.5 Å². The number of aromatic nitrogens is 2. The van der Waals surface area contributed by atoms with E-state index in [-0.39, 0.29) is 18.1 Å². The highest BCUT2D eigenvalue weighted by atomic mass is 19.4. The molecule has 2 aromatic heterocycles. The summed E-state index contributed by atoms with van der Waals surface area (Å²) in [6.45, 7) is 3.92. The zero-order valence-corrected chi connectivity index (χ0v) is 20.9. The predicted octanol–water partition coefficient (Wildman–Crippen LogP) is 4.55. The molecule has 2 aliphatic rings. The Hall–Kier alpha value is -3.66. The Labute approximate surface area is 219 Å². The van der Waals surface area contributed by atoms with Crippen LogP contribution in [0.2, 0.25) is 0 Å². The van der Waals surface area contributed by atoms with E-state index in [0.29, 0.717) is 24.5 Å². The molecule has 1 aromatic carbocycles. The van der Waals surface area contributed by atoms with E-state index in [2.05, 4.69) is 25.1 Å². The molecule has 0 bridgehead atoms. The van der Waals surface area contributed by atoms with E-state index >= 15 is 0 Å². The first-order valence-electron chi connectivity index (χ1n) is 12.8. The van der Waals surface area contributed by atoms with Crippen molar-refractivity contribution in [2.45, 2.75) is 44.1 Å². The third kappa shape index (κ3) is 6.61. The molecule has 200 valence electrons. The van der Waals surface area contributed by atoms with Crippen LogP contribution in [0.4, 0.5) is 18.9 Å². The van der Waals surface area contributed by atoms with Crippen LogP contribution in [-0.4, -0.2) is 59.1 Å². The first kappa shape index (κ1) is 26.0. The highest BCUT2D eigenvalue weighted by Crippen LogP contribution is 2.31. The van der Waals surface area contributed by atoms with Gasteiger partial charge in [-0.1, -0.05) is 0 Å². The lowest BCUT2D eigenvalue weighted by molar-refractivity contribution is -0.137. The zero-order valence-electron chi connectivity index (χ0n) is 20.9. The number of ether oxygens (including phenoxy) is 1. The van der Waals surface area contributed by atoms with Crippen LogP contribution in [0, 0.1) is 0 Å². The van der Waals surface area contributed by atoms with Gasteiger partial charge < -0.3 is 15.0 Å². The molecule has 1 unspecified atom stereocenters. The monoisotopic (exact) mass is 525 g/mol. The molecule has 5 rings (SSSR count). The summed E-state index contributed by atoms with van der Waals surface area (Å²) in [5.74, 6) is 0.399. The zero-order chi connectivity index (χ0) is 26.5. The second-order valence-corrected chi connectivity index (χ2v) is 9.78. The molecular formula is C28H30F3N5O2. The molecule has 1 atom stereocenters. The van der Waals surface area contributed by atoms with Crippen molar-refractivity contribution in [3.05, 3.63) is 83.9 Å². The minimum Gasteiger partial charge on any atom is -0.489 e. The lowest BCUT2D eigenvalue weighted by Crippen LogP contribution is -2.38. The molecule has 0 saturated carbocycles. The Kier molecular flexibility index (Phi) is 7.78. The molecule has 1 amide bonds. The third-order valence-corrected chi connectivity index (χ3v) is 7.04. The number of amides is 1. The number of nitrogens with one attached hydrogen (secondary N) is 1. The van der Waals surface area contributed by atoms with Crippen LogP contribution in [-0.2, 0) is 12.7 Å². The van der Waals surface area contributed by atoms with Crippen LogP contribution < -0.4 is 15.0 Å². The summed E-state index contributed by atoms with van der Waals surface area (Å²) in [7, 11) is 0. The molecule has 10 heteroatoms. The van der Waals surface area contributed by atoms with Gasteiger partial charge in [-0.2, -0.15) is 13.2 Å².